The highest BCUT2D eigenvalue weighted by Crippen LogP contribution is 2.18. The van der Waals surface area contributed by atoms with Crippen LogP contribution in [0.3, 0.4) is 0 Å². The van der Waals surface area contributed by atoms with Crippen LogP contribution in [0.4, 0.5) is 10.1 Å². The van der Waals surface area contributed by atoms with E-state index < -0.39 is 5.82 Å². The van der Waals surface area contributed by atoms with Crippen LogP contribution in [0.5, 0.6) is 0 Å². The highest BCUT2D eigenvalue weighted by atomic mass is 19.1. The zero-order valence-electron chi connectivity index (χ0n) is 10.2. The van der Waals surface area contributed by atoms with Crippen molar-refractivity contribution in [2.45, 2.75) is 20.0 Å². The van der Waals surface area contributed by atoms with E-state index in [0.29, 0.717) is 12.2 Å². The summed E-state index contributed by atoms with van der Waals surface area (Å²) in [7, 11) is 0. The summed E-state index contributed by atoms with van der Waals surface area (Å²) < 4.78 is 15.5. The number of aromatic nitrogens is 1. The third kappa shape index (κ3) is 2.35. The molecule has 18 heavy (non-hydrogen) atoms. The molecule has 1 heterocycles. The molecule has 0 aliphatic carbocycles. The Hall–Kier alpha value is -2.28. The van der Waals surface area contributed by atoms with Gasteiger partial charge in [0.15, 0.2) is 0 Å². The Bertz CT molecular complexity index is 581. The number of anilines is 1. The normalized spacial score (nSPS) is 10.1. The summed E-state index contributed by atoms with van der Waals surface area (Å²) in [6.45, 7) is 3.52. The Morgan fingerprint density at radius 1 is 1.33 bits per heavy atom. The van der Waals surface area contributed by atoms with Crippen LogP contribution in [0.25, 0.3) is 0 Å². The van der Waals surface area contributed by atoms with E-state index in [2.05, 4.69) is 16.8 Å². The third-order valence-corrected chi connectivity index (χ3v) is 2.85. The largest absolute Gasteiger partial charge is 0.378 e. The van der Waals surface area contributed by atoms with Crippen LogP contribution in [0.2, 0.25) is 0 Å². The molecular weight excluding hydrogens is 229 g/mol. The number of benzene rings is 1. The van der Waals surface area contributed by atoms with Crippen molar-refractivity contribution in [3.8, 4) is 6.07 Å². The fourth-order valence-corrected chi connectivity index (χ4v) is 1.89. The lowest BCUT2D eigenvalue weighted by molar-refractivity contribution is 0.624. The van der Waals surface area contributed by atoms with Crippen LogP contribution >= 0.6 is 0 Å². The van der Waals surface area contributed by atoms with E-state index in [0.717, 1.165) is 12.2 Å². The molecule has 0 aliphatic heterocycles. The van der Waals surface area contributed by atoms with Crippen molar-refractivity contribution < 1.29 is 4.39 Å². The van der Waals surface area contributed by atoms with Gasteiger partial charge in [-0.25, -0.2) is 4.39 Å². The summed E-state index contributed by atoms with van der Waals surface area (Å²) in [6.07, 6.45) is 1.99. The van der Waals surface area contributed by atoms with Gasteiger partial charge in [0.25, 0.3) is 0 Å². The Kier molecular flexibility index (Phi) is 3.63. The number of nitrogens with zero attached hydrogens (tertiary/aromatic N) is 2. The predicted molar refractivity (Wildman–Crippen MR) is 68.5 cm³/mol. The molecule has 2 aromatic rings. The molecule has 0 amide bonds. The molecule has 0 bridgehead atoms. The van der Waals surface area contributed by atoms with Gasteiger partial charge in [-0.1, -0.05) is 6.07 Å². The summed E-state index contributed by atoms with van der Waals surface area (Å²) in [5.41, 5.74) is 1.69. The molecule has 0 saturated carbocycles. The molecule has 92 valence electrons. The van der Waals surface area contributed by atoms with Gasteiger partial charge in [0.1, 0.15) is 17.4 Å². The fourth-order valence-electron chi connectivity index (χ4n) is 1.89. The Labute approximate surface area is 105 Å². The van der Waals surface area contributed by atoms with Gasteiger partial charge in [-0.3, -0.25) is 0 Å². The second-order valence-corrected chi connectivity index (χ2v) is 3.91. The summed E-state index contributed by atoms with van der Waals surface area (Å²) in [5, 5.41) is 12.0. The molecule has 0 radical (unpaired) electrons. The lowest BCUT2D eigenvalue weighted by Crippen LogP contribution is -2.07. The zero-order valence-corrected chi connectivity index (χ0v) is 10.2. The Balaban J connectivity index is 2.16. The third-order valence-electron chi connectivity index (χ3n) is 2.85. The van der Waals surface area contributed by atoms with E-state index in [1.54, 1.807) is 12.1 Å². The molecule has 0 spiro atoms. The van der Waals surface area contributed by atoms with E-state index in [4.69, 9.17) is 5.26 Å². The molecule has 0 fully saturated rings. The average molecular weight is 243 g/mol. The SMILES string of the molecule is CCn1cccc1CNc1cccc(F)c1C#N. The minimum absolute atomic E-state index is 0.0621. The first-order valence-electron chi connectivity index (χ1n) is 5.82. The lowest BCUT2D eigenvalue weighted by atomic mass is 10.2. The van der Waals surface area contributed by atoms with E-state index >= 15 is 0 Å². The van der Waals surface area contributed by atoms with Crippen molar-refractivity contribution >= 4 is 5.69 Å². The van der Waals surface area contributed by atoms with Gasteiger partial charge in [-0.2, -0.15) is 5.26 Å². The Morgan fingerprint density at radius 3 is 2.89 bits per heavy atom. The van der Waals surface area contributed by atoms with Crippen molar-refractivity contribution in [2.75, 3.05) is 5.32 Å². The van der Waals surface area contributed by atoms with Crippen LogP contribution < -0.4 is 5.32 Å². The lowest BCUT2D eigenvalue weighted by Gasteiger charge is -2.10. The van der Waals surface area contributed by atoms with Crippen molar-refractivity contribution in [1.82, 2.24) is 4.57 Å². The highest BCUT2D eigenvalue weighted by molar-refractivity contribution is 5.57. The first-order chi connectivity index (χ1) is 8.76. The van der Waals surface area contributed by atoms with Crippen molar-refractivity contribution in [1.29, 1.82) is 5.26 Å². The quantitative estimate of drug-likeness (QED) is 0.896. The highest BCUT2D eigenvalue weighted by Gasteiger charge is 2.07. The number of nitriles is 1. The number of nitrogens with one attached hydrogen (secondary N) is 1. The molecule has 1 N–H and O–H groups in total. The van der Waals surface area contributed by atoms with Crippen LogP contribution in [-0.2, 0) is 13.1 Å². The number of halogens is 1. The maximum absolute atomic E-state index is 13.4. The molecule has 1 aromatic carbocycles. The number of hydrogen-bond donors (Lipinski definition) is 1. The molecule has 0 aliphatic rings. The van der Waals surface area contributed by atoms with Crippen LogP contribution in [0.15, 0.2) is 36.5 Å². The van der Waals surface area contributed by atoms with Crippen LogP contribution in [0, 0.1) is 17.1 Å². The molecule has 3 nitrogen and oxygen atoms in total. The fraction of sp³-hybridized carbons (Fsp3) is 0.214. The van der Waals surface area contributed by atoms with Crippen molar-refractivity contribution in [3.63, 3.8) is 0 Å². The molecule has 0 unspecified atom stereocenters. The predicted octanol–water partition coefficient (Wildman–Crippen LogP) is 3.13. The van der Waals surface area contributed by atoms with Crippen LogP contribution in [-0.4, -0.2) is 4.57 Å². The molecule has 4 heteroatoms. The van der Waals surface area contributed by atoms with Crippen LogP contribution in [0.1, 0.15) is 18.2 Å². The second kappa shape index (κ2) is 5.37. The van der Waals surface area contributed by atoms with E-state index in [-0.39, 0.29) is 5.56 Å². The topological polar surface area (TPSA) is 40.8 Å². The van der Waals surface area contributed by atoms with Gasteiger partial charge in [-0.05, 0) is 31.2 Å². The summed E-state index contributed by atoms with van der Waals surface area (Å²) in [4.78, 5) is 0. The smallest absolute Gasteiger partial charge is 0.143 e. The van der Waals surface area contributed by atoms with Gasteiger partial charge in [0.2, 0.25) is 0 Å². The summed E-state index contributed by atoms with van der Waals surface area (Å²) in [6, 6.07) is 10.4. The molecule has 2 rings (SSSR count). The standard InChI is InChI=1S/C14H14FN3/c1-2-18-8-4-5-11(18)10-17-14-7-3-6-13(15)12(14)9-16/h3-8,17H,2,10H2,1H3. The zero-order chi connectivity index (χ0) is 13.0. The second-order valence-electron chi connectivity index (χ2n) is 3.91. The molecule has 0 saturated heterocycles. The van der Waals surface area contributed by atoms with Gasteiger partial charge in [0, 0.05) is 18.4 Å². The minimum Gasteiger partial charge on any atom is -0.378 e. The maximum atomic E-state index is 13.4. The van der Waals surface area contributed by atoms with Gasteiger partial charge in [-0.15, -0.1) is 0 Å². The van der Waals surface area contributed by atoms with E-state index in [1.807, 2.05) is 24.4 Å². The van der Waals surface area contributed by atoms with E-state index in [1.165, 1.54) is 6.07 Å². The Morgan fingerprint density at radius 2 is 2.17 bits per heavy atom. The minimum atomic E-state index is -0.492. The molecule has 1 aromatic heterocycles. The van der Waals surface area contributed by atoms with Crippen molar-refractivity contribution in [2.24, 2.45) is 0 Å². The molecule has 0 atom stereocenters. The summed E-state index contributed by atoms with van der Waals surface area (Å²) in [5.74, 6) is -0.492. The van der Waals surface area contributed by atoms with Gasteiger partial charge < -0.3 is 9.88 Å². The average Bonchev–Trinajstić information content (AvgIpc) is 2.83. The van der Waals surface area contributed by atoms with Gasteiger partial charge >= 0.3 is 0 Å². The maximum Gasteiger partial charge on any atom is 0.143 e. The number of hydrogen-bond acceptors (Lipinski definition) is 2. The number of rotatable bonds is 4. The van der Waals surface area contributed by atoms with Crippen molar-refractivity contribution in [3.05, 3.63) is 53.6 Å². The molecular formula is C14H14FN3. The number of aryl methyl sites for hydroxylation is 1. The van der Waals surface area contributed by atoms with Gasteiger partial charge in [0.05, 0.1) is 12.2 Å². The monoisotopic (exact) mass is 243 g/mol. The van der Waals surface area contributed by atoms with E-state index in [9.17, 15) is 4.39 Å². The first-order valence-corrected chi connectivity index (χ1v) is 5.82. The summed E-state index contributed by atoms with van der Waals surface area (Å²) >= 11 is 0. The first kappa shape index (κ1) is 12.2.